The Bertz CT molecular complexity index is 364. The third-order valence-electron chi connectivity index (χ3n) is 2.88. The topological polar surface area (TPSA) is 0 Å². The highest BCUT2D eigenvalue weighted by Crippen LogP contribution is 2.23. The minimum atomic E-state index is -0.110. The molecule has 0 aliphatic heterocycles. The summed E-state index contributed by atoms with van der Waals surface area (Å²) in [7, 11) is 0. The summed E-state index contributed by atoms with van der Waals surface area (Å²) < 4.78 is 13.8. The first-order chi connectivity index (χ1) is 7.11. The van der Waals surface area contributed by atoms with E-state index in [-0.39, 0.29) is 5.82 Å². The molecule has 0 aromatic heterocycles. The first-order valence-corrected chi connectivity index (χ1v) is 5.52. The van der Waals surface area contributed by atoms with Crippen LogP contribution in [0.3, 0.4) is 0 Å². The maximum atomic E-state index is 13.8. The van der Waals surface area contributed by atoms with Crippen molar-refractivity contribution in [2.75, 3.05) is 0 Å². The molecule has 1 rings (SSSR count). The van der Waals surface area contributed by atoms with Crippen molar-refractivity contribution in [3.05, 3.63) is 40.7 Å². The summed E-state index contributed by atoms with van der Waals surface area (Å²) in [6.45, 7) is 9.69. The fourth-order valence-corrected chi connectivity index (χ4v) is 1.92. The summed E-state index contributed by atoms with van der Waals surface area (Å²) >= 11 is 0. The monoisotopic (exact) mass is 206 g/mol. The van der Waals surface area contributed by atoms with E-state index in [1.54, 1.807) is 6.08 Å². The van der Waals surface area contributed by atoms with Crippen molar-refractivity contribution >= 4 is 6.08 Å². The maximum Gasteiger partial charge on any atom is 0.133 e. The first-order valence-electron chi connectivity index (χ1n) is 5.52. The van der Waals surface area contributed by atoms with Gasteiger partial charge >= 0.3 is 0 Å². The maximum absolute atomic E-state index is 13.8. The van der Waals surface area contributed by atoms with Gasteiger partial charge in [-0.25, -0.2) is 4.39 Å². The molecule has 0 aliphatic carbocycles. The molecule has 0 heterocycles. The zero-order chi connectivity index (χ0) is 11.4. The van der Waals surface area contributed by atoms with Gasteiger partial charge in [-0.05, 0) is 49.4 Å². The Morgan fingerprint density at radius 1 is 1.40 bits per heavy atom. The van der Waals surface area contributed by atoms with Crippen molar-refractivity contribution in [2.45, 2.75) is 40.0 Å². The normalized spacial score (nSPS) is 10.4. The molecule has 82 valence electrons. The smallest absolute Gasteiger partial charge is 0.133 e. The van der Waals surface area contributed by atoms with Crippen LogP contribution in [0.5, 0.6) is 0 Å². The van der Waals surface area contributed by atoms with E-state index in [2.05, 4.69) is 13.5 Å². The summed E-state index contributed by atoms with van der Waals surface area (Å²) in [5.41, 5.74) is 3.75. The van der Waals surface area contributed by atoms with Gasteiger partial charge in [0.05, 0.1) is 0 Å². The lowest BCUT2D eigenvalue weighted by Crippen LogP contribution is -1.99. The number of aryl methyl sites for hydroxylation is 1. The highest BCUT2D eigenvalue weighted by Gasteiger charge is 2.10. The molecule has 0 amide bonds. The van der Waals surface area contributed by atoms with Crippen LogP contribution in [-0.2, 0) is 6.42 Å². The number of hydrogen-bond acceptors (Lipinski definition) is 0. The molecular formula is C14H19F. The van der Waals surface area contributed by atoms with Crippen LogP contribution in [0.15, 0.2) is 12.6 Å². The number of unbranched alkanes of at least 4 members (excludes halogenated alkanes) is 1. The minimum Gasteiger partial charge on any atom is -0.206 e. The van der Waals surface area contributed by atoms with Crippen LogP contribution in [0.25, 0.3) is 6.08 Å². The fourth-order valence-electron chi connectivity index (χ4n) is 1.92. The van der Waals surface area contributed by atoms with Gasteiger partial charge in [0.2, 0.25) is 0 Å². The van der Waals surface area contributed by atoms with Gasteiger partial charge in [-0.15, -0.1) is 0 Å². The molecule has 0 N–H and O–H groups in total. The number of rotatable bonds is 4. The third-order valence-corrected chi connectivity index (χ3v) is 2.88. The Morgan fingerprint density at radius 3 is 2.60 bits per heavy atom. The highest BCUT2D eigenvalue weighted by atomic mass is 19.1. The van der Waals surface area contributed by atoms with Crippen LogP contribution in [0.1, 0.15) is 42.0 Å². The molecule has 0 bridgehead atoms. The third kappa shape index (κ3) is 2.47. The molecule has 1 aromatic carbocycles. The standard InChI is InChI=1S/C14H19F/c1-5-7-8-13-10(3)9-12(6-2)14(15)11(13)4/h6,9H,2,5,7-8H2,1,3-4H3. The number of benzene rings is 1. The van der Waals surface area contributed by atoms with Crippen LogP contribution in [0, 0.1) is 19.7 Å². The van der Waals surface area contributed by atoms with E-state index >= 15 is 0 Å². The Kier molecular flexibility index (Phi) is 4.07. The molecule has 15 heavy (non-hydrogen) atoms. The van der Waals surface area contributed by atoms with E-state index < -0.39 is 0 Å². The molecule has 0 nitrogen and oxygen atoms in total. The zero-order valence-corrected chi connectivity index (χ0v) is 9.86. The predicted molar refractivity (Wildman–Crippen MR) is 64.6 cm³/mol. The lowest BCUT2D eigenvalue weighted by atomic mass is 9.94. The van der Waals surface area contributed by atoms with Gasteiger partial charge in [0.1, 0.15) is 5.82 Å². The van der Waals surface area contributed by atoms with E-state index in [9.17, 15) is 4.39 Å². The van der Waals surface area contributed by atoms with Gasteiger partial charge in [-0.2, -0.15) is 0 Å². The van der Waals surface area contributed by atoms with E-state index in [1.165, 1.54) is 11.1 Å². The van der Waals surface area contributed by atoms with Gasteiger partial charge in [0, 0.05) is 5.56 Å². The quantitative estimate of drug-likeness (QED) is 0.683. The van der Waals surface area contributed by atoms with Gasteiger partial charge in [-0.3, -0.25) is 0 Å². The van der Waals surface area contributed by atoms with Crippen LogP contribution in [0.2, 0.25) is 0 Å². The molecular weight excluding hydrogens is 187 g/mol. The van der Waals surface area contributed by atoms with Gasteiger partial charge in [0.15, 0.2) is 0 Å². The summed E-state index contributed by atoms with van der Waals surface area (Å²) in [5.74, 6) is -0.110. The van der Waals surface area contributed by atoms with Crippen molar-refractivity contribution in [2.24, 2.45) is 0 Å². The Balaban J connectivity index is 3.17. The van der Waals surface area contributed by atoms with Gasteiger partial charge in [0.25, 0.3) is 0 Å². The van der Waals surface area contributed by atoms with Crippen LogP contribution in [-0.4, -0.2) is 0 Å². The van der Waals surface area contributed by atoms with Crippen LogP contribution >= 0.6 is 0 Å². The van der Waals surface area contributed by atoms with Crippen LogP contribution < -0.4 is 0 Å². The molecule has 0 saturated carbocycles. The molecule has 0 saturated heterocycles. The average Bonchev–Trinajstić information content (AvgIpc) is 2.23. The van der Waals surface area contributed by atoms with Gasteiger partial charge < -0.3 is 0 Å². The van der Waals surface area contributed by atoms with Gasteiger partial charge in [-0.1, -0.05) is 26.0 Å². The van der Waals surface area contributed by atoms with Crippen molar-refractivity contribution < 1.29 is 4.39 Å². The van der Waals surface area contributed by atoms with Crippen molar-refractivity contribution in [1.82, 2.24) is 0 Å². The van der Waals surface area contributed by atoms with E-state index in [4.69, 9.17) is 0 Å². The summed E-state index contributed by atoms with van der Waals surface area (Å²) in [6, 6.07) is 1.89. The Labute approximate surface area is 91.8 Å². The molecule has 0 unspecified atom stereocenters. The van der Waals surface area contributed by atoms with E-state index in [0.29, 0.717) is 5.56 Å². The molecule has 1 aromatic rings. The van der Waals surface area contributed by atoms with Crippen molar-refractivity contribution in [3.63, 3.8) is 0 Å². The number of hydrogen-bond donors (Lipinski definition) is 0. The average molecular weight is 206 g/mol. The second-order valence-electron chi connectivity index (χ2n) is 4.01. The minimum absolute atomic E-state index is 0.110. The lowest BCUT2D eigenvalue weighted by Gasteiger charge is -2.12. The SMILES string of the molecule is C=Cc1cc(C)c(CCCC)c(C)c1F. The predicted octanol–water partition coefficient (Wildman–Crippen LogP) is 4.43. The lowest BCUT2D eigenvalue weighted by molar-refractivity contribution is 0.610. The molecule has 0 radical (unpaired) electrons. The summed E-state index contributed by atoms with van der Waals surface area (Å²) in [5, 5.41) is 0. The van der Waals surface area contributed by atoms with E-state index in [0.717, 1.165) is 24.8 Å². The number of halogens is 1. The summed E-state index contributed by atoms with van der Waals surface area (Å²) in [4.78, 5) is 0. The zero-order valence-electron chi connectivity index (χ0n) is 9.86. The largest absolute Gasteiger partial charge is 0.206 e. The molecule has 1 heteroatoms. The Morgan fingerprint density at radius 2 is 2.07 bits per heavy atom. The second kappa shape index (κ2) is 5.11. The highest BCUT2D eigenvalue weighted by molar-refractivity contribution is 5.53. The molecule has 0 aliphatic rings. The van der Waals surface area contributed by atoms with Crippen molar-refractivity contribution in [1.29, 1.82) is 0 Å². The van der Waals surface area contributed by atoms with Crippen molar-refractivity contribution in [3.8, 4) is 0 Å². The van der Waals surface area contributed by atoms with Crippen LogP contribution in [0.4, 0.5) is 4.39 Å². The fraction of sp³-hybridized carbons (Fsp3) is 0.429. The Hall–Kier alpha value is -1.11. The first kappa shape index (κ1) is 12.0. The molecule has 0 atom stereocenters. The molecule has 0 fully saturated rings. The summed E-state index contributed by atoms with van der Waals surface area (Å²) in [6.07, 6.45) is 4.82. The van der Waals surface area contributed by atoms with E-state index in [1.807, 2.05) is 19.9 Å². The second-order valence-corrected chi connectivity index (χ2v) is 4.01. The molecule has 0 spiro atoms.